The van der Waals surface area contributed by atoms with E-state index in [1.165, 1.54) is 18.4 Å². The predicted octanol–water partition coefficient (Wildman–Crippen LogP) is 3.43. The van der Waals surface area contributed by atoms with Gasteiger partial charge in [0.2, 0.25) is 0 Å². The second-order valence-electron chi connectivity index (χ2n) is 7.83. The topological polar surface area (TPSA) is 31.4 Å². The molecule has 3 aliphatic rings. The Morgan fingerprint density at radius 1 is 1.13 bits per heavy atom. The van der Waals surface area contributed by atoms with Gasteiger partial charge in [-0.25, -0.2) is 0 Å². The van der Waals surface area contributed by atoms with Crippen molar-refractivity contribution >= 4 is 29.9 Å². The highest BCUT2D eigenvalue weighted by atomic mass is 32.2. The number of hydrogen-bond acceptors (Lipinski definition) is 4. The fourth-order valence-electron chi connectivity index (χ4n) is 3.45. The van der Waals surface area contributed by atoms with Gasteiger partial charge in [0.25, 0.3) is 0 Å². The summed E-state index contributed by atoms with van der Waals surface area (Å²) in [6, 6.07) is 4.23. The summed E-state index contributed by atoms with van der Waals surface area (Å²) in [4.78, 5) is 4.70. The summed E-state index contributed by atoms with van der Waals surface area (Å²) in [6.07, 6.45) is 8.17. The van der Waals surface area contributed by atoms with E-state index in [2.05, 4.69) is 57.7 Å². The van der Waals surface area contributed by atoms with Crippen molar-refractivity contribution in [3.8, 4) is 0 Å². The molecular formula is C18H24BNO2S. The minimum absolute atomic E-state index is 0.307. The number of aromatic nitrogens is 1. The highest BCUT2D eigenvalue weighted by Crippen LogP contribution is 2.44. The quantitative estimate of drug-likeness (QED) is 0.778. The van der Waals surface area contributed by atoms with Gasteiger partial charge in [0, 0.05) is 22.2 Å². The number of allylic oxidation sites excluding steroid dienone is 1. The first-order valence-corrected chi connectivity index (χ1v) is 9.46. The summed E-state index contributed by atoms with van der Waals surface area (Å²) < 4.78 is 12.2. The third-order valence-corrected chi connectivity index (χ3v) is 7.12. The van der Waals surface area contributed by atoms with E-state index in [0.717, 1.165) is 22.8 Å². The standard InChI is InChI=1S/C18H24BNO2S/c1-17(2)18(3,4)22-19(21-17)13-5-8-16(20-11-13)12-9-14-6-7-15(10-12)23-14/h5,8-9,11,14-15H,6-7,10H2,1-4H3. The van der Waals surface area contributed by atoms with Gasteiger partial charge in [0.05, 0.1) is 16.9 Å². The fourth-order valence-corrected chi connectivity index (χ4v) is 5.01. The Morgan fingerprint density at radius 3 is 2.48 bits per heavy atom. The first-order chi connectivity index (χ1) is 10.8. The average Bonchev–Trinajstić information content (AvgIpc) is 2.95. The first kappa shape index (κ1) is 15.7. The molecule has 1 aromatic heterocycles. The summed E-state index contributed by atoms with van der Waals surface area (Å²) in [6.45, 7) is 8.31. The monoisotopic (exact) mass is 329 g/mol. The maximum absolute atomic E-state index is 6.10. The molecule has 4 heterocycles. The van der Waals surface area contributed by atoms with Gasteiger partial charge < -0.3 is 9.31 Å². The van der Waals surface area contributed by atoms with Crippen molar-refractivity contribution < 1.29 is 9.31 Å². The molecular weight excluding hydrogens is 305 g/mol. The van der Waals surface area contributed by atoms with Gasteiger partial charge in [0.1, 0.15) is 0 Å². The molecule has 0 aromatic carbocycles. The van der Waals surface area contributed by atoms with Gasteiger partial charge in [-0.3, -0.25) is 4.98 Å². The van der Waals surface area contributed by atoms with Crippen LogP contribution in [0.4, 0.5) is 0 Å². The van der Waals surface area contributed by atoms with Crippen LogP contribution in [0.1, 0.15) is 52.7 Å². The highest BCUT2D eigenvalue weighted by molar-refractivity contribution is 8.01. The second kappa shape index (κ2) is 5.37. The largest absolute Gasteiger partial charge is 0.496 e. The van der Waals surface area contributed by atoms with Gasteiger partial charge in [0.15, 0.2) is 0 Å². The highest BCUT2D eigenvalue weighted by Gasteiger charge is 2.51. The van der Waals surface area contributed by atoms with Crippen LogP contribution in [-0.4, -0.2) is 33.8 Å². The lowest BCUT2D eigenvalue weighted by atomic mass is 9.80. The average molecular weight is 329 g/mol. The molecule has 4 rings (SSSR count). The Labute approximate surface area is 143 Å². The maximum Gasteiger partial charge on any atom is 0.496 e. The first-order valence-electron chi connectivity index (χ1n) is 8.52. The Balaban J connectivity index is 1.53. The minimum atomic E-state index is -0.325. The Morgan fingerprint density at radius 2 is 1.87 bits per heavy atom. The van der Waals surface area contributed by atoms with Crippen molar-refractivity contribution in [2.45, 2.75) is 68.7 Å². The minimum Gasteiger partial charge on any atom is -0.399 e. The molecule has 2 unspecified atom stereocenters. The van der Waals surface area contributed by atoms with Crippen LogP contribution in [0.2, 0.25) is 0 Å². The van der Waals surface area contributed by atoms with E-state index in [9.17, 15) is 0 Å². The van der Waals surface area contributed by atoms with Crippen LogP contribution in [0.25, 0.3) is 5.57 Å². The van der Waals surface area contributed by atoms with Crippen molar-refractivity contribution in [1.29, 1.82) is 0 Å². The van der Waals surface area contributed by atoms with Crippen LogP contribution in [-0.2, 0) is 9.31 Å². The van der Waals surface area contributed by atoms with Crippen molar-refractivity contribution in [3.63, 3.8) is 0 Å². The van der Waals surface area contributed by atoms with Crippen LogP contribution in [0.5, 0.6) is 0 Å². The summed E-state index contributed by atoms with van der Waals surface area (Å²) in [5.74, 6) is 0. The third kappa shape index (κ3) is 2.77. The molecule has 23 heavy (non-hydrogen) atoms. The lowest BCUT2D eigenvalue weighted by molar-refractivity contribution is 0.00578. The fraction of sp³-hybridized carbons (Fsp3) is 0.611. The van der Waals surface area contributed by atoms with Gasteiger partial charge >= 0.3 is 7.12 Å². The third-order valence-electron chi connectivity index (χ3n) is 5.62. The molecule has 0 radical (unpaired) electrons. The zero-order valence-corrected chi connectivity index (χ0v) is 15.2. The number of fused-ring (bicyclic) bond motifs is 2. The zero-order valence-electron chi connectivity index (χ0n) is 14.3. The molecule has 3 aliphatic heterocycles. The number of hydrogen-bond donors (Lipinski definition) is 0. The molecule has 5 heteroatoms. The van der Waals surface area contributed by atoms with Crippen LogP contribution in [0.3, 0.4) is 0 Å². The molecule has 0 aliphatic carbocycles. The molecule has 2 saturated heterocycles. The summed E-state index contributed by atoms with van der Waals surface area (Å²) in [7, 11) is -0.325. The number of pyridine rings is 1. The van der Waals surface area contributed by atoms with Crippen molar-refractivity contribution in [1.82, 2.24) is 4.98 Å². The van der Waals surface area contributed by atoms with Gasteiger partial charge in [-0.2, -0.15) is 11.8 Å². The molecule has 0 saturated carbocycles. The summed E-state index contributed by atoms with van der Waals surface area (Å²) in [5, 5.41) is 1.50. The van der Waals surface area contributed by atoms with Crippen molar-refractivity contribution in [2.24, 2.45) is 0 Å². The van der Waals surface area contributed by atoms with E-state index in [-0.39, 0.29) is 18.3 Å². The van der Waals surface area contributed by atoms with E-state index in [0.29, 0.717) is 5.25 Å². The Kier molecular flexibility index (Phi) is 3.67. The van der Waals surface area contributed by atoms with E-state index in [1.807, 2.05) is 6.20 Å². The van der Waals surface area contributed by atoms with Crippen molar-refractivity contribution in [2.75, 3.05) is 0 Å². The normalized spacial score (nSPS) is 31.3. The zero-order chi connectivity index (χ0) is 16.2. The smallest absolute Gasteiger partial charge is 0.399 e. The number of nitrogens with zero attached hydrogens (tertiary/aromatic N) is 1. The van der Waals surface area contributed by atoms with Crippen LogP contribution in [0, 0.1) is 0 Å². The van der Waals surface area contributed by atoms with E-state index in [1.54, 1.807) is 0 Å². The summed E-state index contributed by atoms with van der Waals surface area (Å²) in [5.41, 5.74) is 2.91. The SMILES string of the molecule is CC1(C)OB(c2ccc(C3=CC4CCC(C3)S4)nc2)OC1(C)C. The van der Waals surface area contributed by atoms with Crippen LogP contribution >= 0.6 is 11.8 Å². The maximum atomic E-state index is 6.10. The molecule has 0 N–H and O–H groups in total. The van der Waals surface area contributed by atoms with Crippen LogP contribution in [0.15, 0.2) is 24.4 Å². The molecule has 2 fully saturated rings. The van der Waals surface area contributed by atoms with E-state index < -0.39 is 0 Å². The Bertz CT molecular complexity index is 625. The van der Waals surface area contributed by atoms with Crippen molar-refractivity contribution in [3.05, 3.63) is 30.1 Å². The lowest BCUT2D eigenvalue weighted by Crippen LogP contribution is -2.41. The second-order valence-corrected chi connectivity index (χ2v) is 9.38. The lowest BCUT2D eigenvalue weighted by Gasteiger charge is -2.32. The summed E-state index contributed by atoms with van der Waals surface area (Å²) >= 11 is 2.13. The molecule has 0 spiro atoms. The molecule has 2 bridgehead atoms. The molecule has 3 nitrogen and oxygen atoms in total. The molecule has 122 valence electrons. The van der Waals surface area contributed by atoms with Gasteiger partial charge in [-0.1, -0.05) is 12.1 Å². The Hall–Kier alpha value is -0.775. The van der Waals surface area contributed by atoms with E-state index in [4.69, 9.17) is 14.3 Å². The number of thioether (sulfide) groups is 1. The van der Waals surface area contributed by atoms with E-state index >= 15 is 0 Å². The molecule has 2 atom stereocenters. The van der Waals surface area contributed by atoms with Gasteiger partial charge in [-0.15, -0.1) is 0 Å². The van der Waals surface area contributed by atoms with Gasteiger partial charge in [-0.05, 0) is 58.6 Å². The predicted molar refractivity (Wildman–Crippen MR) is 96.9 cm³/mol. The van der Waals surface area contributed by atoms with Crippen LogP contribution < -0.4 is 5.46 Å². The number of rotatable bonds is 2. The molecule has 1 aromatic rings. The molecule has 0 amide bonds.